The Kier molecular flexibility index (Phi) is 3.90. The van der Waals surface area contributed by atoms with Gasteiger partial charge in [0.1, 0.15) is 6.67 Å². The molecule has 0 saturated carbocycles. The van der Waals surface area contributed by atoms with Gasteiger partial charge in [0.25, 0.3) is 0 Å². The summed E-state index contributed by atoms with van der Waals surface area (Å²) < 4.78 is 11.9. The summed E-state index contributed by atoms with van der Waals surface area (Å²) in [5.41, 5.74) is 2.50. The molecular formula is C11H16FN. The van der Waals surface area contributed by atoms with Crippen molar-refractivity contribution in [1.29, 1.82) is 0 Å². The molecule has 1 aromatic carbocycles. The van der Waals surface area contributed by atoms with Gasteiger partial charge in [-0.2, -0.15) is 0 Å². The van der Waals surface area contributed by atoms with Crippen molar-refractivity contribution in [3.8, 4) is 0 Å². The maximum Gasteiger partial charge on any atom is 0.102 e. The molecule has 1 N–H and O–H groups in total. The number of hydrogen-bond donors (Lipinski definition) is 1. The van der Waals surface area contributed by atoms with Crippen LogP contribution < -0.4 is 5.32 Å². The summed E-state index contributed by atoms with van der Waals surface area (Å²) in [6.45, 7) is 4.24. The summed E-state index contributed by atoms with van der Waals surface area (Å²) in [4.78, 5) is 0. The molecule has 0 fully saturated rings. The van der Waals surface area contributed by atoms with E-state index in [0.717, 1.165) is 0 Å². The van der Waals surface area contributed by atoms with Crippen LogP contribution in [0, 0.1) is 6.92 Å². The van der Waals surface area contributed by atoms with E-state index in [0.29, 0.717) is 6.54 Å². The molecule has 0 heterocycles. The number of nitrogens with one attached hydrogen (secondary N) is 1. The largest absolute Gasteiger partial charge is 0.308 e. The van der Waals surface area contributed by atoms with Gasteiger partial charge in [-0.15, -0.1) is 0 Å². The first-order chi connectivity index (χ1) is 6.25. The standard InChI is InChI=1S/C11H16FN/c1-9-5-3-4-6-11(9)10(2)13-8-7-12/h3-6,10,13H,7-8H2,1-2H3. The van der Waals surface area contributed by atoms with E-state index in [1.165, 1.54) is 11.1 Å². The van der Waals surface area contributed by atoms with Crippen LogP contribution in [0.2, 0.25) is 0 Å². The van der Waals surface area contributed by atoms with Crippen LogP contribution >= 0.6 is 0 Å². The van der Waals surface area contributed by atoms with E-state index in [4.69, 9.17) is 0 Å². The van der Waals surface area contributed by atoms with E-state index in [1.807, 2.05) is 12.1 Å². The summed E-state index contributed by atoms with van der Waals surface area (Å²) in [6.07, 6.45) is 0. The Morgan fingerprint density at radius 1 is 1.38 bits per heavy atom. The topological polar surface area (TPSA) is 12.0 Å². The van der Waals surface area contributed by atoms with Crippen LogP contribution in [0.3, 0.4) is 0 Å². The molecule has 1 rings (SSSR count). The minimum absolute atomic E-state index is 0.233. The first kappa shape index (κ1) is 10.2. The van der Waals surface area contributed by atoms with Crippen LogP contribution in [0.4, 0.5) is 4.39 Å². The first-order valence-corrected chi connectivity index (χ1v) is 4.60. The Labute approximate surface area is 79.0 Å². The van der Waals surface area contributed by atoms with Crippen molar-refractivity contribution < 1.29 is 4.39 Å². The normalized spacial score (nSPS) is 12.8. The first-order valence-electron chi connectivity index (χ1n) is 4.60. The molecule has 0 bridgehead atoms. The lowest BCUT2D eigenvalue weighted by atomic mass is 10.0. The van der Waals surface area contributed by atoms with Crippen molar-refractivity contribution in [2.24, 2.45) is 0 Å². The molecule has 2 heteroatoms. The Hall–Kier alpha value is -0.890. The molecule has 0 radical (unpaired) electrons. The van der Waals surface area contributed by atoms with Crippen LogP contribution in [-0.2, 0) is 0 Å². The fraction of sp³-hybridized carbons (Fsp3) is 0.455. The fourth-order valence-electron chi connectivity index (χ4n) is 1.45. The second-order valence-electron chi connectivity index (χ2n) is 3.22. The molecule has 1 nitrogen and oxygen atoms in total. The SMILES string of the molecule is Cc1ccccc1C(C)NCCF. The Bertz CT molecular complexity index is 260. The third-order valence-corrected chi connectivity index (χ3v) is 2.20. The Morgan fingerprint density at radius 3 is 2.69 bits per heavy atom. The number of rotatable bonds is 4. The second kappa shape index (κ2) is 4.97. The zero-order chi connectivity index (χ0) is 9.68. The molecule has 0 aliphatic carbocycles. The van der Waals surface area contributed by atoms with Crippen molar-refractivity contribution in [1.82, 2.24) is 5.32 Å². The van der Waals surface area contributed by atoms with Crippen LogP contribution in [-0.4, -0.2) is 13.2 Å². The molecule has 1 aromatic rings. The zero-order valence-corrected chi connectivity index (χ0v) is 8.18. The molecule has 0 aromatic heterocycles. The van der Waals surface area contributed by atoms with Gasteiger partial charge in [-0.1, -0.05) is 24.3 Å². The van der Waals surface area contributed by atoms with Crippen molar-refractivity contribution in [3.05, 3.63) is 35.4 Å². The highest BCUT2D eigenvalue weighted by Crippen LogP contribution is 2.15. The number of benzene rings is 1. The lowest BCUT2D eigenvalue weighted by Crippen LogP contribution is -2.21. The van der Waals surface area contributed by atoms with Gasteiger partial charge in [0.15, 0.2) is 0 Å². The Balaban J connectivity index is 2.65. The smallest absolute Gasteiger partial charge is 0.102 e. The van der Waals surface area contributed by atoms with Gasteiger partial charge >= 0.3 is 0 Å². The number of halogens is 1. The quantitative estimate of drug-likeness (QED) is 0.753. The molecule has 72 valence electrons. The summed E-state index contributed by atoms with van der Waals surface area (Å²) in [5, 5.41) is 3.11. The van der Waals surface area contributed by atoms with Gasteiger partial charge in [0.2, 0.25) is 0 Å². The average Bonchev–Trinajstić information content (AvgIpc) is 2.15. The van der Waals surface area contributed by atoms with E-state index in [1.54, 1.807) is 0 Å². The molecule has 0 amide bonds. The van der Waals surface area contributed by atoms with Crippen LogP contribution in [0.25, 0.3) is 0 Å². The molecule has 0 aliphatic heterocycles. The Morgan fingerprint density at radius 2 is 2.08 bits per heavy atom. The predicted octanol–water partition coefficient (Wildman–Crippen LogP) is 2.62. The second-order valence-corrected chi connectivity index (χ2v) is 3.22. The van der Waals surface area contributed by atoms with E-state index in [2.05, 4.69) is 31.3 Å². The molecule has 13 heavy (non-hydrogen) atoms. The third-order valence-electron chi connectivity index (χ3n) is 2.20. The summed E-state index contributed by atoms with van der Waals surface area (Å²) in [7, 11) is 0. The molecule has 1 unspecified atom stereocenters. The van der Waals surface area contributed by atoms with E-state index < -0.39 is 0 Å². The molecule has 1 atom stereocenters. The molecular weight excluding hydrogens is 165 g/mol. The van der Waals surface area contributed by atoms with Gasteiger partial charge in [-0.25, -0.2) is 4.39 Å². The van der Waals surface area contributed by atoms with Gasteiger partial charge in [0.05, 0.1) is 0 Å². The maximum atomic E-state index is 11.9. The van der Waals surface area contributed by atoms with Crippen LogP contribution in [0.1, 0.15) is 24.1 Å². The zero-order valence-electron chi connectivity index (χ0n) is 8.18. The minimum atomic E-state index is -0.309. The maximum absolute atomic E-state index is 11.9. The monoisotopic (exact) mass is 181 g/mol. The lowest BCUT2D eigenvalue weighted by Gasteiger charge is -2.15. The van der Waals surface area contributed by atoms with Crippen LogP contribution in [0.5, 0.6) is 0 Å². The van der Waals surface area contributed by atoms with Crippen molar-refractivity contribution >= 4 is 0 Å². The van der Waals surface area contributed by atoms with E-state index in [-0.39, 0.29) is 12.7 Å². The minimum Gasteiger partial charge on any atom is -0.308 e. The lowest BCUT2D eigenvalue weighted by molar-refractivity contribution is 0.444. The van der Waals surface area contributed by atoms with Gasteiger partial charge in [-0.05, 0) is 25.0 Å². The van der Waals surface area contributed by atoms with E-state index >= 15 is 0 Å². The number of aryl methyl sites for hydroxylation is 1. The highest BCUT2D eigenvalue weighted by atomic mass is 19.1. The highest BCUT2D eigenvalue weighted by Gasteiger charge is 2.05. The fourth-order valence-corrected chi connectivity index (χ4v) is 1.45. The average molecular weight is 181 g/mol. The molecule has 0 aliphatic rings. The van der Waals surface area contributed by atoms with Crippen molar-refractivity contribution in [2.75, 3.05) is 13.2 Å². The highest BCUT2D eigenvalue weighted by molar-refractivity contribution is 5.28. The number of hydrogen-bond acceptors (Lipinski definition) is 1. The van der Waals surface area contributed by atoms with Crippen LogP contribution in [0.15, 0.2) is 24.3 Å². The number of alkyl halides is 1. The molecule has 0 saturated heterocycles. The predicted molar refractivity (Wildman–Crippen MR) is 53.6 cm³/mol. The summed E-state index contributed by atoms with van der Waals surface area (Å²) >= 11 is 0. The van der Waals surface area contributed by atoms with Gasteiger partial charge in [0, 0.05) is 12.6 Å². The summed E-state index contributed by atoms with van der Waals surface area (Å²) in [5.74, 6) is 0. The third kappa shape index (κ3) is 2.81. The van der Waals surface area contributed by atoms with Gasteiger partial charge < -0.3 is 5.32 Å². The van der Waals surface area contributed by atoms with E-state index in [9.17, 15) is 4.39 Å². The van der Waals surface area contributed by atoms with Gasteiger partial charge in [-0.3, -0.25) is 0 Å². The van der Waals surface area contributed by atoms with Crippen molar-refractivity contribution in [3.63, 3.8) is 0 Å². The summed E-state index contributed by atoms with van der Waals surface area (Å²) in [6, 6.07) is 8.40. The van der Waals surface area contributed by atoms with Crippen molar-refractivity contribution in [2.45, 2.75) is 19.9 Å². The molecule has 0 spiro atoms.